The minimum absolute atomic E-state index is 0.161. The van der Waals surface area contributed by atoms with E-state index in [0.717, 1.165) is 23.0 Å². The van der Waals surface area contributed by atoms with Gasteiger partial charge in [0, 0.05) is 16.2 Å². The number of hydrogen-bond donors (Lipinski definition) is 2. The second-order valence-corrected chi connectivity index (χ2v) is 5.17. The Bertz CT molecular complexity index is 413. The molecule has 4 heteroatoms. The number of carboxylic acids is 1. The first-order valence-corrected chi connectivity index (χ1v) is 6.11. The first-order chi connectivity index (χ1) is 7.56. The summed E-state index contributed by atoms with van der Waals surface area (Å²) in [5.41, 5.74) is 2.24. The Labute approximate surface area is 103 Å². The van der Waals surface area contributed by atoms with Gasteiger partial charge in [-0.05, 0) is 37.5 Å². The second-order valence-electron chi connectivity index (χ2n) is 4.31. The van der Waals surface area contributed by atoms with Crippen LogP contribution in [0.3, 0.4) is 0 Å². The summed E-state index contributed by atoms with van der Waals surface area (Å²) < 4.78 is 1.08. The average Bonchev–Trinajstić information content (AvgIpc) is 2.15. The largest absolute Gasteiger partial charge is 0.481 e. The molecule has 0 bridgehead atoms. The molecule has 0 amide bonds. The number of carboxylic acid groups (broad SMARTS) is 1. The van der Waals surface area contributed by atoms with Gasteiger partial charge >= 0.3 is 5.97 Å². The molecule has 2 rings (SSSR count). The number of aryl methyl sites for hydroxylation is 1. The van der Waals surface area contributed by atoms with Crippen molar-refractivity contribution in [3.05, 3.63) is 28.2 Å². The number of benzene rings is 1. The summed E-state index contributed by atoms with van der Waals surface area (Å²) in [5.74, 6) is -0.838. The van der Waals surface area contributed by atoms with Crippen molar-refractivity contribution in [2.24, 2.45) is 5.92 Å². The fraction of sp³-hybridized carbons (Fsp3) is 0.417. The third-order valence-corrected chi connectivity index (χ3v) is 3.88. The molecule has 0 aliphatic heterocycles. The van der Waals surface area contributed by atoms with E-state index in [1.165, 1.54) is 5.56 Å². The number of hydrogen-bond acceptors (Lipinski definition) is 2. The minimum Gasteiger partial charge on any atom is -0.481 e. The van der Waals surface area contributed by atoms with Gasteiger partial charge in [0.1, 0.15) is 0 Å². The molecule has 1 fully saturated rings. The van der Waals surface area contributed by atoms with Crippen LogP contribution in [-0.4, -0.2) is 17.1 Å². The lowest BCUT2D eigenvalue weighted by Gasteiger charge is -2.33. The molecule has 1 aromatic carbocycles. The van der Waals surface area contributed by atoms with Gasteiger partial charge in [-0.3, -0.25) is 4.79 Å². The molecule has 0 atom stereocenters. The van der Waals surface area contributed by atoms with Gasteiger partial charge in [-0.1, -0.05) is 22.0 Å². The first kappa shape index (κ1) is 11.5. The standard InChI is InChI=1S/C12H14BrNO2/c1-7-2-3-9(6-11(7)13)14-10-4-8(5-10)12(15)16/h2-3,6,8,10,14H,4-5H2,1H3,(H,15,16). The molecule has 0 heterocycles. The van der Waals surface area contributed by atoms with Gasteiger partial charge in [-0.15, -0.1) is 0 Å². The van der Waals surface area contributed by atoms with Crippen molar-refractivity contribution >= 4 is 27.6 Å². The maximum Gasteiger partial charge on any atom is 0.306 e. The Hall–Kier alpha value is -1.03. The molecule has 1 saturated carbocycles. The Morgan fingerprint density at radius 3 is 2.75 bits per heavy atom. The van der Waals surface area contributed by atoms with Gasteiger partial charge in [-0.25, -0.2) is 0 Å². The van der Waals surface area contributed by atoms with E-state index in [1.54, 1.807) is 0 Å². The average molecular weight is 284 g/mol. The van der Waals surface area contributed by atoms with E-state index < -0.39 is 5.97 Å². The first-order valence-electron chi connectivity index (χ1n) is 5.32. The van der Waals surface area contributed by atoms with Crippen molar-refractivity contribution in [2.75, 3.05) is 5.32 Å². The molecule has 1 aromatic rings. The van der Waals surface area contributed by atoms with E-state index in [0.29, 0.717) is 6.04 Å². The summed E-state index contributed by atoms with van der Waals surface area (Å²) in [6.45, 7) is 2.04. The number of rotatable bonds is 3. The summed E-state index contributed by atoms with van der Waals surface area (Å²) >= 11 is 3.48. The highest BCUT2D eigenvalue weighted by Crippen LogP contribution is 2.31. The molecule has 3 nitrogen and oxygen atoms in total. The van der Waals surface area contributed by atoms with Crippen LogP contribution >= 0.6 is 15.9 Å². The van der Waals surface area contributed by atoms with Crippen molar-refractivity contribution in [3.8, 4) is 0 Å². The summed E-state index contributed by atoms with van der Waals surface area (Å²) in [6.07, 6.45) is 1.45. The number of nitrogens with one attached hydrogen (secondary N) is 1. The van der Waals surface area contributed by atoms with Crippen LogP contribution in [0.5, 0.6) is 0 Å². The topological polar surface area (TPSA) is 49.3 Å². The molecule has 86 valence electrons. The second kappa shape index (κ2) is 4.45. The lowest BCUT2D eigenvalue weighted by Crippen LogP contribution is -2.39. The van der Waals surface area contributed by atoms with Gasteiger partial charge in [0.15, 0.2) is 0 Å². The van der Waals surface area contributed by atoms with Crippen molar-refractivity contribution in [3.63, 3.8) is 0 Å². The van der Waals surface area contributed by atoms with Crippen molar-refractivity contribution < 1.29 is 9.90 Å². The zero-order valence-corrected chi connectivity index (χ0v) is 10.6. The van der Waals surface area contributed by atoms with Crippen LogP contribution in [0.1, 0.15) is 18.4 Å². The molecule has 0 saturated heterocycles. The maximum atomic E-state index is 10.6. The Kier molecular flexibility index (Phi) is 3.19. The van der Waals surface area contributed by atoms with E-state index >= 15 is 0 Å². The highest BCUT2D eigenvalue weighted by atomic mass is 79.9. The molecule has 16 heavy (non-hydrogen) atoms. The van der Waals surface area contributed by atoms with E-state index in [-0.39, 0.29) is 5.92 Å². The van der Waals surface area contributed by atoms with E-state index in [9.17, 15) is 4.79 Å². The van der Waals surface area contributed by atoms with Crippen molar-refractivity contribution in [1.29, 1.82) is 0 Å². The third-order valence-electron chi connectivity index (χ3n) is 3.03. The van der Waals surface area contributed by atoms with Crippen molar-refractivity contribution in [1.82, 2.24) is 0 Å². The fourth-order valence-electron chi connectivity index (χ4n) is 1.86. The molecule has 1 aliphatic rings. The molecule has 1 aliphatic carbocycles. The fourth-order valence-corrected chi connectivity index (χ4v) is 2.23. The summed E-state index contributed by atoms with van der Waals surface area (Å²) in [7, 11) is 0. The van der Waals surface area contributed by atoms with Gasteiger partial charge in [0.2, 0.25) is 0 Å². The molecule has 0 spiro atoms. The highest BCUT2D eigenvalue weighted by molar-refractivity contribution is 9.10. The quantitative estimate of drug-likeness (QED) is 0.897. The molecule has 0 radical (unpaired) electrons. The minimum atomic E-state index is -0.678. The Morgan fingerprint density at radius 1 is 1.50 bits per heavy atom. The number of anilines is 1. The smallest absolute Gasteiger partial charge is 0.306 e. The van der Waals surface area contributed by atoms with Crippen LogP contribution in [-0.2, 0) is 4.79 Å². The monoisotopic (exact) mass is 283 g/mol. The zero-order chi connectivity index (χ0) is 11.7. The van der Waals surface area contributed by atoms with Crippen LogP contribution in [0.25, 0.3) is 0 Å². The maximum absolute atomic E-state index is 10.6. The van der Waals surface area contributed by atoms with Crippen molar-refractivity contribution in [2.45, 2.75) is 25.8 Å². The molecular formula is C12H14BrNO2. The third kappa shape index (κ3) is 2.38. The summed E-state index contributed by atoms with van der Waals surface area (Å²) in [6, 6.07) is 6.40. The SMILES string of the molecule is Cc1ccc(NC2CC(C(=O)O)C2)cc1Br. The number of carbonyl (C=O) groups is 1. The predicted molar refractivity (Wildman–Crippen MR) is 66.6 cm³/mol. The van der Waals surface area contributed by atoms with Crippen LogP contribution in [0.15, 0.2) is 22.7 Å². The molecule has 0 aromatic heterocycles. The molecule has 2 N–H and O–H groups in total. The lowest BCUT2D eigenvalue weighted by molar-refractivity contribution is -0.144. The Balaban J connectivity index is 1.91. The molecule has 0 unspecified atom stereocenters. The van der Waals surface area contributed by atoms with Gasteiger partial charge in [0.05, 0.1) is 5.92 Å². The predicted octanol–water partition coefficient (Wildman–Crippen LogP) is 3.03. The summed E-state index contributed by atoms with van der Waals surface area (Å²) in [5, 5.41) is 12.1. The van der Waals surface area contributed by atoms with Crippen LogP contribution in [0.4, 0.5) is 5.69 Å². The van der Waals surface area contributed by atoms with Gasteiger partial charge in [-0.2, -0.15) is 0 Å². The number of halogens is 1. The normalized spacial score (nSPS) is 23.6. The van der Waals surface area contributed by atoms with Crippen LogP contribution in [0.2, 0.25) is 0 Å². The Morgan fingerprint density at radius 2 is 2.19 bits per heavy atom. The number of aliphatic carboxylic acids is 1. The lowest BCUT2D eigenvalue weighted by atomic mass is 9.80. The van der Waals surface area contributed by atoms with Crippen LogP contribution < -0.4 is 5.32 Å². The van der Waals surface area contributed by atoms with E-state index in [4.69, 9.17) is 5.11 Å². The van der Waals surface area contributed by atoms with E-state index in [2.05, 4.69) is 21.2 Å². The zero-order valence-electron chi connectivity index (χ0n) is 9.03. The highest BCUT2D eigenvalue weighted by Gasteiger charge is 2.34. The molecular weight excluding hydrogens is 270 g/mol. The van der Waals surface area contributed by atoms with Crippen LogP contribution in [0, 0.1) is 12.8 Å². The van der Waals surface area contributed by atoms with E-state index in [1.807, 2.05) is 25.1 Å². The van der Waals surface area contributed by atoms with Gasteiger partial charge in [0.25, 0.3) is 0 Å². The van der Waals surface area contributed by atoms with Gasteiger partial charge < -0.3 is 10.4 Å². The summed E-state index contributed by atoms with van der Waals surface area (Å²) in [4.78, 5) is 10.6.